The third kappa shape index (κ3) is 13.2. The summed E-state index contributed by atoms with van der Waals surface area (Å²) in [5, 5.41) is 0. The van der Waals surface area contributed by atoms with Gasteiger partial charge in [-0.05, 0) is 95.3 Å². The van der Waals surface area contributed by atoms with E-state index in [0.29, 0.717) is 42.0 Å². The van der Waals surface area contributed by atoms with E-state index in [2.05, 4.69) is 27.7 Å². The van der Waals surface area contributed by atoms with Crippen LogP contribution in [0.4, 0.5) is 0 Å². The first kappa shape index (κ1) is 38.9. The van der Waals surface area contributed by atoms with Crippen molar-refractivity contribution in [3.8, 4) is 0 Å². The molecule has 4 saturated heterocycles. The smallest absolute Gasteiger partial charge is 0.0845 e. The molecule has 0 radical (unpaired) electrons. The summed E-state index contributed by atoms with van der Waals surface area (Å²) < 4.78 is 32.4. The fraction of sp³-hybridized carbons (Fsp3) is 1.00. The van der Waals surface area contributed by atoms with E-state index in [-0.39, 0.29) is 14.9 Å². The molecule has 3 aliphatic carbocycles. The van der Waals surface area contributed by atoms with Crippen molar-refractivity contribution < 1.29 is 28.4 Å². The van der Waals surface area contributed by atoms with Gasteiger partial charge in [0.2, 0.25) is 0 Å². The molecule has 9 atom stereocenters. The normalized spacial score (nSPS) is 36.6. The first-order valence-corrected chi connectivity index (χ1v) is 17.7. The minimum Gasteiger partial charge on any atom is -0.381 e. The largest absolute Gasteiger partial charge is 0.381 e. The summed E-state index contributed by atoms with van der Waals surface area (Å²) in [4.78, 5) is 0. The van der Waals surface area contributed by atoms with Crippen LogP contribution in [0.25, 0.3) is 0 Å². The summed E-state index contributed by atoms with van der Waals surface area (Å²) in [5.74, 6) is 2.75. The molecule has 43 heavy (non-hydrogen) atoms. The second kappa shape index (κ2) is 20.1. The van der Waals surface area contributed by atoms with Crippen molar-refractivity contribution >= 4 is 0 Å². The maximum absolute atomic E-state index is 5.53. The van der Waals surface area contributed by atoms with Gasteiger partial charge in [0, 0.05) is 25.2 Å². The highest BCUT2D eigenvalue weighted by atomic mass is 16.6. The lowest BCUT2D eigenvalue weighted by Gasteiger charge is -2.40. The van der Waals surface area contributed by atoms with Crippen LogP contribution in [-0.4, -0.2) is 76.3 Å². The van der Waals surface area contributed by atoms with Crippen LogP contribution in [0.3, 0.4) is 0 Å². The summed E-state index contributed by atoms with van der Waals surface area (Å²) in [7, 11) is 0. The number of hydrogen-bond acceptors (Lipinski definition) is 6. The maximum Gasteiger partial charge on any atom is 0.0845 e. The minimum atomic E-state index is 0. The molecule has 256 valence electrons. The predicted molar refractivity (Wildman–Crippen MR) is 178 cm³/mol. The second-order valence-corrected chi connectivity index (χ2v) is 13.9. The van der Waals surface area contributed by atoms with Crippen LogP contribution in [0, 0.1) is 23.2 Å². The predicted octanol–water partition coefficient (Wildman–Crippen LogP) is 9.02. The summed E-state index contributed by atoms with van der Waals surface area (Å²) in [6.07, 6.45) is 22.5. The lowest BCUT2D eigenvalue weighted by Crippen LogP contribution is -2.45. The van der Waals surface area contributed by atoms with E-state index >= 15 is 0 Å². The summed E-state index contributed by atoms with van der Waals surface area (Å²) in [5.41, 5.74) is 0.371. The first-order chi connectivity index (χ1) is 20.0. The molecular weight excluding hydrogens is 540 g/mol. The summed E-state index contributed by atoms with van der Waals surface area (Å²) >= 11 is 0. The van der Waals surface area contributed by atoms with Crippen LogP contribution in [0.2, 0.25) is 0 Å². The van der Waals surface area contributed by atoms with E-state index in [1.807, 2.05) is 6.92 Å². The standard InChI is InChI=1S/C10H18O2.C9H16O.C8H16O2.C8H14O.2CH4/c1-2-5-11-7-8-3-4-9-10(6-8)12-9;1-2-3-7-4-5-8-9(6-7)10-8;1-3-8(5-9-4-2)6-10-7-8;1-2-6-3-4-7-8(5-6)9-7;;/h8-10H,2-7H2,1H3;7-9H,2-6H2,1H3;3-7H2,1-2H3;6-8H,2-5H2,1H3;2*1H4. The SMILES string of the molecule is C.C.CCC1CCC2OC2C1.CCCC1CCC2OC2C1.CCCOCC1CCC2OC2C1.CCOCC1(CC)COC1. The molecular formula is C37H72O6. The number of rotatable bonds is 11. The molecule has 0 aromatic rings. The quantitative estimate of drug-likeness (QED) is 0.171. The van der Waals surface area contributed by atoms with Gasteiger partial charge in [0.05, 0.1) is 56.4 Å². The highest BCUT2D eigenvalue weighted by molar-refractivity contribution is 4.93. The first-order valence-electron chi connectivity index (χ1n) is 17.7. The Morgan fingerprint density at radius 2 is 1.14 bits per heavy atom. The van der Waals surface area contributed by atoms with Crippen molar-refractivity contribution in [1.29, 1.82) is 0 Å². The molecule has 4 heterocycles. The van der Waals surface area contributed by atoms with Crippen LogP contribution < -0.4 is 0 Å². The molecule has 0 N–H and O–H groups in total. The molecule has 6 nitrogen and oxygen atoms in total. The van der Waals surface area contributed by atoms with Crippen molar-refractivity contribution in [2.24, 2.45) is 23.2 Å². The summed E-state index contributed by atoms with van der Waals surface area (Å²) in [6, 6.07) is 0. The van der Waals surface area contributed by atoms with E-state index in [0.717, 1.165) is 63.8 Å². The monoisotopic (exact) mass is 613 g/mol. The molecule has 0 aromatic heterocycles. The Hall–Kier alpha value is -0.240. The average Bonchev–Trinajstić information content (AvgIpc) is 3.86. The molecule has 7 aliphatic rings. The van der Waals surface area contributed by atoms with Gasteiger partial charge in [-0.2, -0.15) is 0 Å². The number of ether oxygens (including phenoxy) is 6. The van der Waals surface area contributed by atoms with E-state index in [9.17, 15) is 0 Å². The van der Waals surface area contributed by atoms with Gasteiger partial charge >= 0.3 is 0 Å². The van der Waals surface area contributed by atoms with Crippen molar-refractivity contribution in [3.05, 3.63) is 0 Å². The van der Waals surface area contributed by atoms with Crippen LogP contribution in [-0.2, 0) is 28.4 Å². The van der Waals surface area contributed by atoms with Crippen LogP contribution in [0.1, 0.15) is 139 Å². The van der Waals surface area contributed by atoms with Crippen LogP contribution >= 0.6 is 0 Å². The highest BCUT2D eigenvalue weighted by Crippen LogP contribution is 2.42. The highest BCUT2D eigenvalue weighted by Gasteiger charge is 2.45. The van der Waals surface area contributed by atoms with Gasteiger partial charge in [-0.3, -0.25) is 0 Å². The zero-order valence-corrected chi connectivity index (χ0v) is 27.3. The van der Waals surface area contributed by atoms with Gasteiger partial charge in [-0.1, -0.05) is 61.8 Å². The van der Waals surface area contributed by atoms with Gasteiger partial charge in [-0.15, -0.1) is 0 Å². The van der Waals surface area contributed by atoms with Gasteiger partial charge in [0.25, 0.3) is 0 Å². The zero-order chi connectivity index (χ0) is 29.1. The van der Waals surface area contributed by atoms with Crippen molar-refractivity contribution in [3.63, 3.8) is 0 Å². The van der Waals surface area contributed by atoms with Gasteiger partial charge < -0.3 is 28.4 Å². The fourth-order valence-electron chi connectivity index (χ4n) is 7.15. The number of epoxide rings is 3. The topological polar surface area (TPSA) is 65.3 Å². The van der Waals surface area contributed by atoms with E-state index in [4.69, 9.17) is 28.4 Å². The van der Waals surface area contributed by atoms with Crippen LogP contribution in [0.5, 0.6) is 0 Å². The van der Waals surface area contributed by atoms with E-state index < -0.39 is 0 Å². The molecule has 0 amide bonds. The Bertz CT molecular complexity index is 708. The molecule has 6 heteroatoms. The molecule has 4 aliphatic heterocycles. The Morgan fingerprint density at radius 3 is 1.58 bits per heavy atom. The Morgan fingerprint density at radius 1 is 0.605 bits per heavy atom. The molecule has 0 spiro atoms. The van der Waals surface area contributed by atoms with E-state index in [1.54, 1.807) is 0 Å². The van der Waals surface area contributed by atoms with Gasteiger partial charge in [-0.25, -0.2) is 0 Å². The van der Waals surface area contributed by atoms with Crippen molar-refractivity contribution in [1.82, 2.24) is 0 Å². The fourth-order valence-corrected chi connectivity index (χ4v) is 7.15. The third-order valence-electron chi connectivity index (χ3n) is 10.5. The van der Waals surface area contributed by atoms with Crippen molar-refractivity contribution in [2.45, 2.75) is 176 Å². The Balaban J connectivity index is 0.000000198. The third-order valence-corrected chi connectivity index (χ3v) is 10.5. The minimum absolute atomic E-state index is 0. The van der Waals surface area contributed by atoms with Gasteiger partial charge in [0.1, 0.15) is 0 Å². The van der Waals surface area contributed by atoms with Crippen LogP contribution in [0.15, 0.2) is 0 Å². The molecule has 0 bridgehead atoms. The molecule has 7 fully saturated rings. The number of fused-ring (bicyclic) bond motifs is 3. The number of hydrogen-bond donors (Lipinski definition) is 0. The molecule has 3 saturated carbocycles. The Labute approximate surface area is 267 Å². The zero-order valence-electron chi connectivity index (χ0n) is 27.3. The van der Waals surface area contributed by atoms with Crippen molar-refractivity contribution in [2.75, 3.05) is 39.6 Å². The maximum atomic E-state index is 5.53. The Kier molecular flexibility index (Phi) is 18.2. The lowest BCUT2D eigenvalue weighted by atomic mass is 9.84. The second-order valence-electron chi connectivity index (χ2n) is 13.9. The van der Waals surface area contributed by atoms with Gasteiger partial charge in [0.15, 0.2) is 0 Å². The molecule has 7 rings (SSSR count). The lowest BCUT2D eigenvalue weighted by molar-refractivity contribution is -0.149. The summed E-state index contributed by atoms with van der Waals surface area (Å²) in [6.45, 7) is 16.3. The molecule has 0 aromatic carbocycles. The van der Waals surface area contributed by atoms with E-state index in [1.165, 1.54) is 83.5 Å². The average molecular weight is 613 g/mol. The molecule has 9 unspecified atom stereocenters.